The maximum absolute atomic E-state index is 11.4. The second kappa shape index (κ2) is 11.2. The third-order valence-electron chi connectivity index (χ3n) is 3.90. The Bertz CT molecular complexity index is 583. The Morgan fingerprint density at radius 1 is 1.28 bits per heavy atom. The van der Waals surface area contributed by atoms with Crippen molar-refractivity contribution < 1.29 is 24.9 Å². The van der Waals surface area contributed by atoms with E-state index < -0.39 is 5.97 Å². The molecule has 0 bridgehead atoms. The summed E-state index contributed by atoms with van der Waals surface area (Å²) < 4.78 is 5.03. The Morgan fingerprint density at radius 3 is 2.56 bits per heavy atom. The maximum atomic E-state index is 11.4. The number of benzene rings is 1. The van der Waals surface area contributed by atoms with Gasteiger partial charge in [-0.2, -0.15) is 0 Å². The van der Waals surface area contributed by atoms with E-state index in [-0.39, 0.29) is 23.2 Å². The molecule has 25 heavy (non-hydrogen) atoms. The van der Waals surface area contributed by atoms with Crippen molar-refractivity contribution in [2.75, 3.05) is 7.11 Å². The molecule has 6 heteroatoms. The molecule has 0 amide bonds. The first-order valence-electron chi connectivity index (χ1n) is 8.48. The van der Waals surface area contributed by atoms with Crippen LogP contribution in [0.5, 0.6) is 11.5 Å². The maximum Gasteiger partial charge on any atom is 0.340 e. The fourth-order valence-corrected chi connectivity index (χ4v) is 2.93. The van der Waals surface area contributed by atoms with Crippen molar-refractivity contribution in [2.45, 2.75) is 56.4 Å². The lowest BCUT2D eigenvalue weighted by atomic mass is 10.0. The number of allylic oxidation sites excluding steroid dienone is 1. The van der Waals surface area contributed by atoms with Gasteiger partial charge in [0.05, 0.1) is 13.2 Å². The lowest BCUT2D eigenvalue weighted by molar-refractivity contribution is 0.0693. The predicted octanol–water partition coefficient (Wildman–Crippen LogP) is 4.60. The van der Waals surface area contributed by atoms with Gasteiger partial charge in [-0.15, -0.1) is 0 Å². The van der Waals surface area contributed by atoms with Crippen molar-refractivity contribution in [1.29, 1.82) is 0 Å². The van der Waals surface area contributed by atoms with Crippen LogP contribution in [0.4, 0.5) is 0 Å². The van der Waals surface area contributed by atoms with E-state index in [2.05, 4.69) is 22.9 Å². The number of phenolic OH excluding ortho intramolecular Hbond substituents is 1. The van der Waals surface area contributed by atoms with Gasteiger partial charge < -0.3 is 20.1 Å². The number of carboxylic acids is 1. The number of phenols is 1. The fourth-order valence-electron chi connectivity index (χ4n) is 2.60. The first kappa shape index (κ1) is 21.5. The zero-order valence-electron chi connectivity index (χ0n) is 14.7. The Kier molecular flexibility index (Phi) is 9.60. The van der Waals surface area contributed by atoms with E-state index in [0.717, 1.165) is 38.5 Å². The summed E-state index contributed by atoms with van der Waals surface area (Å²) in [5.41, 5.74) is 0.427. The molecule has 140 valence electrons. The molecule has 0 saturated heterocycles. The van der Waals surface area contributed by atoms with Crippen molar-refractivity contribution in [3.8, 4) is 11.5 Å². The molecule has 0 radical (unpaired) electrons. The van der Waals surface area contributed by atoms with Crippen molar-refractivity contribution in [2.24, 2.45) is 0 Å². The molecule has 1 aromatic carbocycles. The zero-order chi connectivity index (χ0) is 18.8. The number of methoxy groups -OCH3 is 1. The number of alkyl halides is 1. The van der Waals surface area contributed by atoms with Gasteiger partial charge in [0.25, 0.3) is 0 Å². The molecule has 0 aliphatic carbocycles. The van der Waals surface area contributed by atoms with Crippen molar-refractivity contribution >= 4 is 28.0 Å². The quantitative estimate of drug-likeness (QED) is 0.363. The molecule has 5 nitrogen and oxygen atoms in total. The number of aliphatic hydroxyl groups is 1. The predicted molar refractivity (Wildman–Crippen MR) is 103 cm³/mol. The van der Waals surface area contributed by atoms with Gasteiger partial charge in [-0.05, 0) is 50.2 Å². The third-order valence-corrected chi connectivity index (χ3v) is 4.35. The normalized spacial score (nSPS) is 13.8. The summed E-state index contributed by atoms with van der Waals surface area (Å²) >= 11 is 3.49. The third kappa shape index (κ3) is 7.92. The first-order valence-corrected chi connectivity index (χ1v) is 9.39. The van der Waals surface area contributed by atoms with Crippen molar-refractivity contribution in [3.63, 3.8) is 0 Å². The SMILES string of the molecule is COc1cc(O)cc(C=CCCC[C@@H](O)CCCC(C)Br)c1C(=O)O. The van der Waals surface area contributed by atoms with Crippen LogP contribution in [0.25, 0.3) is 6.08 Å². The minimum absolute atomic E-state index is 0.0282. The van der Waals surface area contributed by atoms with E-state index in [1.807, 2.05) is 6.08 Å². The molecule has 0 fully saturated rings. The molecule has 2 atom stereocenters. The number of unbranched alkanes of at least 4 members (excludes halogenated alkanes) is 1. The summed E-state index contributed by atoms with van der Waals surface area (Å²) in [6, 6.07) is 2.68. The van der Waals surface area contributed by atoms with E-state index in [1.165, 1.54) is 19.2 Å². The smallest absolute Gasteiger partial charge is 0.340 e. The van der Waals surface area contributed by atoms with Gasteiger partial charge in [0.1, 0.15) is 17.1 Å². The van der Waals surface area contributed by atoms with Crippen LogP contribution in [-0.4, -0.2) is 39.3 Å². The summed E-state index contributed by atoms with van der Waals surface area (Å²) in [6.07, 6.45) is 8.34. The molecule has 1 rings (SSSR count). The monoisotopic (exact) mass is 414 g/mol. The van der Waals surface area contributed by atoms with Crippen LogP contribution in [0.2, 0.25) is 0 Å². The molecular weight excluding hydrogens is 388 g/mol. The Hall–Kier alpha value is -1.53. The zero-order valence-corrected chi connectivity index (χ0v) is 16.3. The number of carboxylic acid groups (broad SMARTS) is 1. The molecule has 0 spiro atoms. The number of aromatic hydroxyl groups is 1. The minimum Gasteiger partial charge on any atom is -0.508 e. The number of aliphatic hydroxyl groups excluding tert-OH is 1. The molecular formula is C19H27BrO5. The van der Waals surface area contributed by atoms with Gasteiger partial charge in [0.2, 0.25) is 0 Å². The number of rotatable bonds is 11. The number of hydrogen-bond donors (Lipinski definition) is 3. The lowest BCUT2D eigenvalue weighted by Crippen LogP contribution is -2.06. The van der Waals surface area contributed by atoms with Crippen LogP contribution in [0.15, 0.2) is 18.2 Å². The van der Waals surface area contributed by atoms with E-state index in [1.54, 1.807) is 6.08 Å². The number of halogens is 1. The highest BCUT2D eigenvalue weighted by Gasteiger charge is 2.16. The lowest BCUT2D eigenvalue weighted by Gasteiger charge is -2.10. The molecule has 0 aromatic heterocycles. The second-order valence-electron chi connectivity index (χ2n) is 6.12. The topological polar surface area (TPSA) is 87.0 Å². The van der Waals surface area contributed by atoms with E-state index in [4.69, 9.17) is 4.74 Å². The van der Waals surface area contributed by atoms with E-state index in [0.29, 0.717) is 10.4 Å². The van der Waals surface area contributed by atoms with Crippen molar-refractivity contribution in [3.05, 3.63) is 29.3 Å². The van der Waals surface area contributed by atoms with Gasteiger partial charge in [0, 0.05) is 10.9 Å². The van der Waals surface area contributed by atoms with Crippen LogP contribution in [0, 0.1) is 0 Å². The van der Waals surface area contributed by atoms with Gasteiger partial charge in [-0.25, -0.2) is 4.79 Å². The first-order chi connectivity index (χ1) is 11.8. The second-order valence-corrected chi connectivity index (χ2v) is 7.68. The van der Waals surface area contributed by atoms with E-state index >= 15 is 0 Å². The number of carbonyl (C=O) groups is 1. The van der Waals surface area contributed by atoms with Crippen LogP contribution < -0.4 is 4.74 Å². The summed E-state index contributed by atoms with van der Waals surface area (Å²) in [6.45, 7) is 2.10. The summed E-state index contributed by atoms with van der Waals surface area (Å²) in [7, 11) is 1.37. The molecule has 0 saturated carbocycles. The van der Waals surface area contributed by atoms with Crippen molar-refractivity contribution in [1.82, 2.24) is 0 Å². The summed E-state index contributed by atoms with van der Waals surface area (Å²) in [5.74, 6) is -1.02. The molecule has 3 N–H and O–H groups in total. The number of aromatic carboxylic acids is 1. The average molecular weight is 415 g/mol. The van der Waals surface area contributed by atoms with Gasteiger partial charge in [-0.3, -0.25) is 0 Å². The molecule has 0 heterocycles. The van der Waals surface area contributed by atoms with Crippen LogP contribution in [0.1, 0.15) is 61.4 Å². The Balaban J connectivity index is 2.54. The van der Waals surface area contributed by atoms with Crippen LogP contribution in [0.3, 0.4) is 0 Å². The molecule has 0 aliphatic heterocycles. The molecule has 1 unspecified atom stereocenters. The fraction of sp³-hybridized carbons (Fsp3) is 0.526. The number of ether oxygens (including phenoxy) is 1. The average Bonchev–Trinajstić information content (AvgIpc) is 2.53. The number of hydrogen-bond acceptors (Lipinski definition) is 4. The minimum atomic E-state index is -1.10. The molecule has 1 aromatic rings. The van der Waals surface area contributed by atoms with Gasteiger partial charge in [-0.1, -0.05) is 35.0 Å². The highest BCUT2D eigenvalue weighted by molar-refractivity contribution is 9.09. The van der Waals surface area contributed by atoms with E-state index in [9.17, 15) is 20.1 Å². The van der Waals surface area contributed by atoms with Crippen LogP contribution >= 0.6 is 15.9 Å². The standard InChI is InChI=1S/C19H27BrO5/c1-13(20)7-6-10-15(21)9-5-3-4-8-14-11-16(22)12-17(25-2)18(14)19(23)24/h4,8,11-13,15,21-22H,3,5-7,9-10H2,1-2H3,(H,23,24)/t13?,15-/m1/s1. The van der Waals surface area contributed by atoms with Gasteiger partial charge in [0.15, 0.2) is 0 Å². The Labute approximate surface area is 157 Å². The molecule has 0 aliphatic rings. The highest BCUT2D eigenvalue weighted by Crippen LogP contribution is 2.29. The Morgan fingerprint density at radius 2 is 1.96 bits per heavy atom. The summed E-state index contributed by atoms with van der Waals surface area (Å²) in [4.78, 5) is 11.9. The summed E-state index contributed by atoms with van der Waals surface area (Å²) in [5, 5.41) is 29.0. The largest absolute Gasteiger partial charge is 0.508 e. The van der Waals surface area contributed by atoms with Crippen LogP contribution in [-0.2, 0) is 0 Å². The van der Waals surface area contributed by atoms with Gasteiger partial charge >= 0.3 is 5.97 Å². The highest BCUT2D eigenvalue weighted by atomic mass is 79.9.